The molecule has 4 heteroatoms. The van der Waals surface area contributed by atoms with Crippen LogP contribution in [0.5, 0.6) is 0 Å². The minimum absolute atomic E-state index is 0.0822. The van der Waals surface area contributed by atoms with Crippen molar-refractivity contribution in [1.29, 1.82) is 5.41 Å². The first-order valence-electron chi connectivity index (χ1n) is 6.39. The lowest BCUT2D eigenvalue weighted by molar-refractivity contribution is 0.865. The molecular formula is C16H17BrN2S. The Morgan fingerprint density at radius 1 is 1.15 bits per heavy atom. The number of nitrogens with one attached hydrogen (secondary N) is 1. The van der Waals surface area contributed by atoms with Crippen LogP contribution in [-0.4, -0.2) is 5.84 Å². The molecule has 0 saturated carbocycles. The van der Waals surface area contributed by atoms with E-state index in [2.05, 4.69) is 54.0 Å². The highest BCUT2D eigenvalue weighted by Crippen LogP contribution is 2.34. The first-order chi connectivity index (χ1) is 9.49. The number of amidine groups is 1. The van der Waals surface area contributed by atoms with E-state index in [1.54, 1.807) is 11.8 Å². The second-order valence-electron chi connectivity index (χ2n) is 4.85. The second-order valence-corrected chi connectivity index (χ2v) is 6.82. The van der Waals surface area contributed by atoms with E-state index in [0.717, 1.165) is 19.8 Å². The van der Waals surface area contributed by atoms with E-state index >= 15 is 0 Å². The van der Waals surface area contributed by atoms with Crippen LogP contribution in [-0.2, 0) is 0 Å². The Hall–Kier alpha value is -1.26. The Morgan fingerprint density at radius 2 is 1.80 bits per heavy atom. The molecule has 2 aromatic carbocycles. The fourth-order valence-electron chi connectivity index (χ4n) is 1.90. The lowest BCUT2D eigenvalue weighted by Crippen LogP contribution is -2.13. The van der Waals surface area contributed by atoms with Gasteiger partial charge in [-0.1, -0.05) is 43.8 Å². The van der Waals surface area contributed by atoms with Crippen LogP contribution in [0.25, 0.3) is 0 Å². The summed E-state index contributed by atoms with van der Waals surface area (Å²) in [6.07, 6.45) is 0. The lowest BCUT2D eigenvalue weighted by atomic mass is 10.0. The number of nitrogen functional groups attached to an aromatic ring is 1. The molecule has 0 heterocycles. The molecule has 0 aliphatic rings. The van der Waals surface area contributed by atoms with E-state index in [0.29, 0.717) is 5.92 Å². The van der Waals surface area contributed by atoms with E-state index in [1.165, 1.54) is 5.56 Å². The van der Waals surface area contributed by atoms with Gasteiger partial charge >= 0.3 is 0 Å². The van der Waals surface area contributed by atoms with Gasteiger partial charge in [0, 0.05) is 19.8 Å². The summed E-state index contributed by atoms with van der Waals surface area (Å²) in [5.74, 6) is 0.617. The molecule has 2 aromatic rings. The minimum atomic E-state index is 0.0822. The molecule has 0 aliphatic heterocycles. The summed E-state index contributed by atoms with van der Waals surface area (Å²) in [5.41, 5.74) is 7.76. The van der Waals surface area contributed by atoms with Gasteiger partial charge in [-0.3, -0.25) is 5.41 Å². The number of hydrogen-bond acceptors (Lipinski definition) is 2. The van der Waals surface area contributed by atoms with Gasteiger partial charge in [0.1, 0.15) is 5.84 Å². The van der Waals surface area contributed by atoms with Gasteiger partial charge in [-0.15, -0.1) is 0 Å². The first kappa shape index (κ1) is 15.1. The highest BCUT2D eigenvalue weighted by atomic mass is 79.9. The van der Waals surface area contributed by atoms with E-state index in [9.17, 15) is 0 Å². The highest BCUT2D eigenvalue weighted by molar-refractivity contribution is 9.10. The van der Waals surface area contributed by atoms with E-state index in [-0.39, 0.29) is 5.84 Å². The van der Waals surface area contributed by atoms with Crippen LogP contribution in [0.2, 0.25) is 0 Å². The molecule has 2 nitrogen and oxygen atoms in total. The number of benzene rings is 2. The van der Waals surface area contributed by atoms with Gasteiger partial charge < -0.3 is 5.73 Å². The number of nitrogens with two attached hydrogens (primary N) is 1. The van der Waals surface area contributed by atoms with Gasteiger partial charge in [0.2, 0.25) is 0 Å². The third kappa shape index (κ3) is 3.44. The molecule has 0 fully saturated rings. The molecule has 0 atom stereocenters. The highest BCUT2D eigenvalue weighted by Gasteiger charge is 2.11. The van der Waals surface area contributed by atoms with Crippen LogP contribution in [0.4, 0.5) is 0 Å². The van der Waals surface area contributed by atoms with Crippen molar-refractivity contribution in [2.75, 3.05) is 0 Å². The van der Waals surface area contributed by atoms with Crippen molar-refractivity contribution in [3.05, 3.63) is 58.1 Å². The second kappa shape index (κ2) is 6.46. The molecule has 0 radical (unpaired) electrons. The van der Waals surface area contributed by atoms with Gasteiger partial charge in [-0.25, -0.2) is 0 Å². The summed E-state index contributed by atoms with van der Waals surface area (Å²) in [4.78, 5) is 2.14. The molecule has 0 aromatic heterocycles. The van der Waals surface area contributed by atoms with E-state index < -0.39 is 0 Å². The predicted molar refractivity (Wildman–Crippen MR) is 89.8 cm³/mol. The van der Waals surface area contributed by atoms with Crippen molar-refractivity contribution < 1.29 is 0 Å². The summed E-state index contributed by atoms with van der Waals surface area (Å²) < 4.78 is 0.855. The van der Waals surface area contributed by atoms with Crippen LogP contribution in [0.1, 0.15) is 30.9 Å². The van der Waals surface area contributed by atoms with E-state index in [4.69, 9.17) is 11.1 Å². The largest absolute Gasteiger partial charge is 0.384 e. The Labute approximate surface area is 132 Å². The maximum absolute atomic E-state index is 7.71. The maximum Gasteiger partial charge on any atom is 0.125 e. The van der Waals surface area contributed by atoms with Crippen LogP contribution < -0.4 is 5.73 Å². The molecule has 0 amide bonds. The van der Waals surface area contributed by atoms with Crippen LogP contribution in [0, 0.1) is 5.41 Å². The van der Waals surface area contributed by atoms with Crippen molar-refractivity contribution in [3.8, 4) is 0 Å². The first-order valence-corrected chi connectivity index (χ1v) is 8.00. The zero-order chi connectivity index (χ0) is 14.7. The maximum atomic E-state index is 7.71. The molecule has 2 rings (SSSR count). The summed E-state index contributed by atoms with van der Waals surface area (Å²) in [6, 6.07) is 14.4. The number of hydrogen-bond donors (Lipinski definition) is 2. The summed E-state index contributed by atoms with van der Waals surface area (Å²) in [7, 11) is 0. The molecular weight excluding hydrogens is 332 g/mol. The molecule has 0 bridgehead atoms. The SMILES string of the molecule is CC(C)c1ccc(Sc2cccc(Br)c2C(=N)N)cc1. The normalized spacial score (nSPS) is 10.8. The molecule has 0 unspecified atom stereocenters. The molecule has 0 aliphatic carbocycles. The minimum Gasteiger partial charge on any atom is -0.384 e. The fourth-order valence-corrected chi connectivity index (χ4v) is 3.60. The summed E-state index contributed by atoms with van der Waals surface area (Å²) >= 11 is 5.08. The van der Waals surface area contributed by atoms with Crippen molar-refractivity contribution in [2.24, 2.45) is 5.73 Å². The smallest absolute Gasteiger partial charge is 0.125 e. The third-order valence-corrected chi connectivity index (χ3v) is 4.75. The average Bonchev–Trinajstić information content (AvgIpc) is 2.39. The van der Waals surface area contributed by atoms with Crippen molar-refractivity contribution in [3.63, 3.8) is 0 Å². The third-order valence-electron chi connectivity index (χ3n) is 3.02. The summed E-state index contributed by atoms with van der Waals surface area (Å²) in [6.45, 7) is 4.37. The molecule has 20 heavy (non-hydrogen) atoms. The molecule has 0 spiro atoms. The number of halogens is 1. The van der Waals surface area contributed by atoms with Gasteiger partial charge in [-0.05, 0) is 51.7 Å². The average molecular weight is 349 g/mol. The topological polar surface area (TPSA) is 49.9 Å². The Kier molecular flexibility index (Phi) is 4.89. The van der Waals surface area contributed by atoms with E-state index in [1.807, 2.05) is 18.2 Å². The zero-order valence-corrected chi connectivity index (χ0v) is 13.9. The van der Waals surface area contributed by atoms with Crippen LogP contribution in [0.15, 0.2) is 56.7 Å². The predicted octanol–water partition coefficient (Wildman–Crippen LogP) is 5.01. The van der Waals surface area contributed by atoms with Crippen molar-refractivity contribution >= 4 is 33.5 Å². The quantitative estimate of drug-likeness (QED) is 0.602. The Bertz CT molecular complexity index is 621. The van der Waals surface area contributed by atoms with Gasteiger partial charge in [0.25, 0.3) is 0 Å². The molecule has 0 saturated heterocycles. The van der Waals surface area contributed by atoms with Gasteiger partial charge in [-0.2, -0.15) is 0 Å². The monoisotopic (exact) mass is 348 g/mol. The number of rotatable bonds is 4. The van der Waals surface area contributed by atoms with Gasteiger partial charge in [0.05, 0.1) is 0 Å². The Morgan fingerprint density at radius 3 is 2.35 bits per heavy atom. The van der Waals surface area contributed by atoms with Gasteiger partial charge in [0.15, 0.2) is 0 Å². The molecule has 104 valence electrons. The molecule has 3 N–H and O–H groups in total. The standard InChI is InChI=1S/C16H17BrN2S/c1-10(2)11-6-8-12(9-7-11)20-14-5-3-4-13(17)15(14)16(18)19/h3-10H,1-2H3,(H3,18,19). The van der Waals surface area contributed by atoms with Crippen LogP contribution >= 0.6 is 27.7 Å². The van der Waals surface area contributed by atoms with Crippen molar-refractivity contribution in [2.45, 2.75) is 29.6 Å². The van der Waals surface area contributed by atoms with Crippen molar-refractivity contribution in [1.82, 2.24) is 0 Å². The lowest BCUT2D eigenvalue weighted by Gasteiger charge is -2.11. The van der Waals surface area contributed by atoms with Crippen LogP contribution in [0.3, 0.4) is 0 Å². The fraction of sp³-hybridized carbons (Fsp3) is 0.188. The zero-order valence-electron chi connectivity index (χ0n) is 11.5. The Balaban J connectivity index is 2.30. The summed E-state index contributed by atoms with van der Waals surface area (Å²) in [5, 5.41) is 7.71.